The van der Waals surface area contributed by atoms with Crippen LogP contribution >= 0.6 is 15.9 Å². The van der Waals surface area contributed by atoms with Crippen molar-refractivity contribution in [3.8, 4) is 11.5 Å². The van der Waals surface area contributed by atoms with E-state index in [-0.39, 0.29) is 0 Å². The fourth-order valence-corrected chi connectivity index (χ4v) is 2.47. The van der Waals surface area contributed by atoms with Crippen molar-refractivity contribution < 1.29 is 9.47 Å². The summed E-state index contributed by atoms with van der Waals surface area (Å²) in [6, 6.07) is 5.12. The Morgan fingerprint density at radius 1 is 1.32 bits per heavy atom. The van der Waals surface area contributed by atoms with Crippen LogP contribution in [0, 0.1) is 0 Å². The molecule has 2 aromatic rings. The first-order valence-electron chi connectivity index (χ1n) is 5.61. The molecule has 1 heterocycles. The lowest BCUT2D eigenvalue weighted by Crippen LogP contribution is -2.17. The second kappa shape index (κ2) is 5.58. The van der Waals surface area contributed by atoms with E-state index >= 15 is 0 Å². The summed E-state index contributed by atoms with van der Waals surface area (Å²) in [5, 5.41) is 7.86. The first-order valence-corrected chi connectivity index (χ1v) is 6.40. The van der Waals surface area contributed by atoms with E-state index in [1.807, 2.05) is 12.1 Å². The third-order valence-electron chi connectivity index (χ3n) is 2.90. The summed E-state index contributed by atoms with van der Waals surface area (Å²) >= 11 is 3.35. The highest BCUT2D eigenvalue weighted by molar-refractivity contribution is 9.10. The fraction of sp³-hybridized carbons (Fsp3) is 0.333. The molecule has 1 atom stereocenters. The predicted molar refractivity (Wildman–Crippen MR) is 74.3 cm³/mol. The van der Waals surface area contributed by atoms with Gasteiger partial charge in [0.25, 0.3) is 0 Å². The normalized spacial score (nSPS) is 12.3. The van der Waals surface area contributed by atoms with Gasteiger partial charge in [0, 0.05) is 18.7 Å². The maximum Gasteiger partial charge on any atom is 0.153 e. The van der Waals surface area contributed by atoms with Gasteiger partial charge in [-0.3, -0.25) is 0 Å². The topological polar surface area (TPSA) is 75.2 Å². The molecule has 0 radical (unpaired) electrons. The molecule has 0 spiro atoms. The number of benzene rings is 1. The summed E-state index contributed by atoms with van der Waals surface area (Å²) in [6.45, 7) is 0. The van der Waals surface area contributed by atoms with E-state index in [1.165, 1.54) is 0 Å². The van der Waals surface area contributed by atoms with Crippen molar-refractivity contribution in [3.05, 3.63) is 34.1 Å². The highest BCUT2D eigenvalue weighted by Crippen LogP contribution is 2.33. The number of rotatable bonds is 4. The third kappa shape index (κ3) is 2.57. The van der Waals surface area contributed by atoms with Gasteiger partial charge in [0.15, 0.2) is 4.60 Å². The van der Waals surface area contributed by atoms with Gasteiger partial charge in [-0.05, 0) is 28.1 Å². The zero-order valence-corrected chi connectivity index (χ0v) is 12.5. The van der Waals surface area contributed by atoms with E-state index in [9.17, 15) is 0 Å². The number of hydrogen-bond donors (Lipinski definition) is 1. The molecule has 0 bridgehead atoms. The van der Waals surface area contributed by atoms with Gasteiger partial charge in [0.2, 0.25) is 0 Å². The van der Waals surface area contributed by atoms with Crippen molar-refractivity contribution in [1.29, 1.82) is 0 Å². The van der Waals surface area contributed by atoms with Gasteiger partial charge in [-0.25, -0.2) is 4.68 Å². The van der Waals surface area contributed by atoms with Gasteiger partial charge < -0.3 is 15.2 Å². The molecule has 0 saturated carbocycles. The lowest BCUT2D eigenvalue weighted by atomic mass is 10.0. The van der Waals surface area contributed by atoms with E-state index < -0.39 is 6.04 Å². The molecule has 0 fully saturated rings. The molecule has 7 heteroatoms. The minimum Gasteiger partial charge on any atom is -0.497 e. The molecular formula is C12H15BrN4O2. The Morgan fingerprint density at radius 2 is 2.05 bits per heavy atom. The van der Waals surface area contributed by atoms with E-state index in [0.29, 0.717) is 10.4 Å². The average molecular weight is 327 g/mol. The molecule has 102 valence electrons. The molecule has 0 amide bonds. The molecule has 1 unspecified atom stereocenters. The lowest BCUT2D eigenvalue weighted by Gasteiger charge is -2.16. The standard InChI is InChI=1S/C12H15BrN4O2/c1-17-11(12(13)15-16-17)10(14)8-5-4-7(18-2)6-9(8)19-3/h4-6,10H,14H2,1-3H3. The molecule has 0 aliphatic carbocycles. The maximum atomic E-state index is 6.28. The molecule has 19 heavy (non-hydrogen) atoms. The molecule has 1 aromatic heterocycles. The van der Waals surface area contributed by atoms with Crippen molar-refractivity contribution in [2.45, 2.75) is 6.04 Å². The van der Waals surface area contributed by atoms with Crippen molar-refractivity contribution in [3.63, 3.8) is 0 Å². The Labute approximate surface area is 119 Å². The molecule has 0 aliphatic heterocycles. The number of hydrogen-bond acceptors (Lipinski definition) is 5. The highest BCUT2D eigenvalue weighted by Gasteiger charge is 2.21. The van der Waals surface area contributed by atoms with Gasteiger partial charge in [0.05, 0.1) is 26.0 Å². The van der Waals surface area contributed by atoms with Gasteiger partial charge in [-0.1, -0.05) is 5.21 Å². The van der Waals surface area contributed by atoms with Crippen molar-refractivity contribution in [1.82, 2.24) is 15.0 Å². The van der Waals surface area contributed by atoms with Crippen LogP contribution < -0.4 is 15.2 Å². The maximum absolute atomic E-state index is 6.28. The van der Waals surface area contributed by atoms with Gasteiger partial charge >= 0.3 is 0 Å². The van der Waals surface area contributed by atoms with Crippen LogP contribution in [0.4, 0.5) is 0 Å². The molecule has 1 aromatic carbocycles. The van der Waals surface area contributed by atoms with Crippen molar-refractivity contribution >= 4 is 15.9 Å². The van der Waals surface area contributed by atoms with Gasteiger partial charge in [-0.2, -0.15) is 0 Å². The van der Waals surface area contributed by atoms with Crippen molar-refractivity contribution in [2.75, 3.05) is 14.2 Å². The summed E-state index contributed by atoms with van der Waals surface area (Å²) < 4.78 is 12.8. The third-order valence-corrected chi connectivity index (χ3v) is 3.46. The number of nitrogens with zero attached hydrogens (tertiary/aromatic N) is 3. The van der Waals surface area contributed by atoms with Crippen LogP contribution in [0.5, 0.6) is 11.5 Å². The number of methoxy groups -OCH3 is 2. The van der Waals surface area contributed by atoms with E-state index in [2.05, 4.69) is 26.2 Å². The minimum atomic E-state index is -0.393. The smallest absolute Gasteiger partial charge is 0.153 e. The zero-order chi connectivity index (χ0) is 14.0. The first kappa shape index (κ1) is 13.8. The van der Waals surface area contributed by atoms with Gasteiger partial charge in [-0.15, -0.1) is 5.10 Å². The SMILES string of the molecule is COc1ccc(C(N)c2c(Br)nnn2C)c(OC)c1. The molecular weight excluding hydrogens is 312 g/mol. The Kier molecular flexibility index (Phi) is 4.06. The van der Waals surface area contributed by atoms with Crippen LogP contribution in [-0.4, -0.2) is 29.2 Å². The Balaban J connectivity index is 2.47. The molecule has 2 N–H and O–H groups in total. The first-order chi connectivity index (χ1) is 9.08. The monoisotopic (exact) mass is 326 g/mol. The second-order valence-corrected chi connectivity index (χ2v) is 4.73. The quantitative estimate of drug-likeness (QED) is 0.924. The number of aromatic nitrogens is 3. The number of halogens is 1. The number of aryl methyl sites for hydroxylation is 1. The summed E-state index contributed by atoms with van der Waals surface area (Å²) in [5.41, 5.74) is 7.90. The number of nitrogens with two attached hydrogens (primary N) is 1. The van der Waals surface area contributed by atoms with Crippen LogP contribution in [0.1, 0.15) is 17.3 Å². The van der Waals surface area contributed by atoms with E-state index in [1.54, 1.807) is 32.0 Å². The Hall–Kier alpha value is -1.60. The Morgan fingerprint density at radius 3 is 2.58 bits per heavy atom. The summed E-state index contributed by atoms with van der Waals surface area (Å²) in [6.07, 6.45) is 0. The lowest BCUT2D eigenvalue weighted by molar-refractivity contribution is 0.389. The zero-order valence-electron chi connectivity index (χ0n) is 10.9. The average Bonchev–Trinajstić information content (AvgIpc) is 2.76. The van der Waals surface area contributed by atoms with Crippen LogP contribution in [-0.2, 0) is 7.05 Å². The van der Waals surface area contributed by atoms with E-state index in [4.69, 9.17) is 15.2 Å². The van der Waals surface area contributed by atoms with Crippen LogP contribution in [0.2, 0.25) is 0 Å². The van der Waals surface area contributed by atoms with Crippen LogP contribution in [0.25, 0.3) is 0 Å². The van der Waals surface area contributed by atoms with E-state index in [0.717, 1.165) is 17.0 Å². The van der Waals surface area contributed by atoms with Crippen LogP contribution in [0.15, 0.2) is 22.8 Å². The molecule has 0 saturated heterocycles. The molecule has 6 nitrogen and oxygen atoms in total. The summed E-state index contributed by atoms with van der Waals surface area (Å²) in [5.74, 6) is 1.38. The van der Waals surface area contributed by atoms with Crippen molar-refractivity contribution in [2.24, 2.45) is 12.8 Å². The second-order valence-electron chi connectivity index (χ2n) is 3.97. The molecule has 0 aliphatic rings. The summed E-state index contributed by atoms with van der Waals surface area (Å²) in [7, 11) is 5.00. The summed E-state index contributed by atoms with van der Waals surface area (Å²) in [4.78, 5) is 0. The highest BCUT2D eigenvalue weighted by atomic mass is 79.9. The molecule has 2 rings (SSSR count). The minimum absolute atomic E-state index is 0.393. The predicted octanol–water partition coefficient (Wildman–Crippen LogP) is 1.64. The largest absolute Gasteiger partial charge is 0.497 e. The Bertz CT molecular complexity index is 566. The van der Waals surface area contributed by atoms with Crippen LogP contribution in [0.3, 0.4) is 0 Å². The number of ether oxygens (including phenoxy) is 2. The van der Waals surface area contributed by atoms with Gasteiger partial charge in [0.1, 0.15) is 11.5 Å². The fourth-order valence-electron chi connectivity index (χ4n) is 1.89.